The van der Waals surface area contributed by atoms with E-state index >= 15 is 0 Å². The molecule has 1 aromatic heterocycles. The van der Waals surface area contributed by atoms with E-state index < -0.39 is 0 Å². The maximum Gasteiger partial charge on any atom is 0.332 e. The van der Waals surface area contributed by atoms with Crippen LogP contribution in [0.25, 0.3) is 5.69 Å². The molecule has 4 nitrogen and oxygen atoms in total. The summed E-state index contributed by atoms with van der Waals surface area (Å²) in [6.45, 7) is 4.01. The first-order chi connectivity index (χ1) is 10.0. The lowest BCUT2D eigenvalue weighted by Gasteiger charge is -2.24. The highest BCUT2D eigenvalue weighted by Gasteiger charge is 2.30. The van der Waals surface area contributed by atoms with Crippen molar-refractivity contribution in [2.24, 2.45) is 5.73 Å². The Balaban J connectivity index is 1.93. The molecule has 3 rings (SSSR count). The fourth-order valence-electron chi connectivity index (χ4n) is 3.23. The van der Waals surface area contributed by atoms with Gasteiger partial charge in [0.2, 0.25) is 0 Å². The summed E-state index contributed by atoms with van der Waals surface area (Å²) in [7, 11) is 0. The third-order valence-electron chi connectivity index (χ3n) is 4.58. The molecule has 1 aliphatic rings. The van der Waals surface area contributed by atoms with Crippen molar-refractivity contribution < 1.29 is 0 Å². The lowest BCUT2D eigenvalue weighted by Crippen LogP contribution is -2.33. The number of imidazole rings is 1. The molecule has 1 saturated carbocycles. The van der Waals surface area contributed by atoms with E-state index in [-0.39, 0.29) is 17.3 Å². The van der Waals surface area contributed by atoms with Gasteiger partial charge in [-0.2, -0.15) is 0 Å². The number of hydrogen-bond donors (Lipinski definition) is 1. The Labute approximate surface area is 125 Å². The van der Waals surface area contributed by atoms with Gasteiger partial charge in [-0.15, -0.1) is 0 Å². The van der Waals surface area contributed by atoms with Crippen LogP contribution in [0.4, 0.5) is 0 Å². The van der Waals surface area contributed by atoms with Gasteiger partial charge in [0, 0.05) is 24.0 Å². The lowest BCUT2D eigenvalue weighted by atomic mass is 9.89. The summed E-state index contributed by atoms with van der Waals surface area (Å²) < 4.78 is 3.41. The second kappa shape index (κ2) is 5.19. The minimum Gasteiger partial charge on any atom is -0.321 e. The molecule has 0 aliphatic heterocycles. The first kappa shape index (κ1) is 14.1. The van der Waals surface area contributed by atoms with Gasteiger partial charge >= 0.3 is 5.69 Å². The van der Waals surface area contributed by atoms with Crippen molar-refractivity contribution in [2.75, 3.05) is 0 Å². The highest BCUT2D eigenvalue weighted by atomic mass is 16.1. The summed E-state index contributed by atoms with van der Waals surface area (Å²) in [6, 6.07) is 8.30. The number of rotatable bonds is 3. The minimum absolute atomic E-state index is 0.000998. The summed E-state index contributed by atoms with van der Waals surface area (Å²) in [4.78, 5) is 12.3. The predicted octanol–water partition coefficient (Wildman–Crippen LogP) is 2.95. The molecule has 2 aromatic rings. The standard InChI is InChI=1S/C17H23N3O/c1-13(2)19-11-12-20(16(19)21)15-7-5-14(6-8-15)17(18)9-3-4-10-17/h5-8,11-13H,3-4,9-10,18H2,1-2H3. The van der Waals surface area contributed by atoms with Gasteiger partial charge in [-0.3, -0.25) is 9.13 Å². The Bertz CT molecular complexity index is 673. The Kier molecular flexibility index (Phi) is 3.49. The van der Waals surface area contributed by atoms with Crippen molar-refractivity contribution in [2.45, 2.75) is 51.1 Å². The molecule has 1 fully saturated rings. The van der Waals surface area contributed by atoms with Crippen LogP contribution in [0.15, 0.2) is 41.5 Å². The van der Waals surface area contributed by atoms with E-state index in [1.807, 2.05) is 38.4 Å². The van der Waals surface area contributed by atoms with E-state index in [9.17, 15) is 4.79 Å². The van der Waals surface area contributed by atoms with Crippen LogP contribution in [0.3, 0.4) is 0 Å². The average Bonchev–Trinajstić information content (AvgIpc) is 3.06. The smallest absolute Gasteiger partial charge is 0.321 e. The Hall–Kier alpha value is -1.81. The first-order valence-electron chi connectivity index (χ1n) is 7.70. The zero-order chi connectivity index (χ0) is 15.0. The predicted molar refractivity (Wildman–Crippen MR) is 84.7 cm³/mol. The molecule has 2 N–H and O–H groups in total. The molecule has 112 valence electrons. The van der Waals surface area contributed by atoms with Crippen molar-refractivity contribution >= 4 is 0 Å². The molecule has 0 amide bonds. The van der Waals surface area contributed by atoms with Crippen molar-refractivity contribution in [1.29, 1.82) is 0 Å². The number of nitrogens with two attached hydrogens (primary N) is 1. The van der Waals surface area contributed by atoms with Gasteiger partial charge in [-0.05, 0) is 44.4 Å². The van der Waals surface area contributed by atoms with Crippen LogP contribution in [-0.2, 0) is 5.54 Å². The van der Waals surface area contributed by atoms with Gasteiger partial charge in [0.05, 0.1) is 5.69 Å². The summed E-state index contributed by atoms with van der Waals surface area (Å²) in [5, 5.41) is 0. The summed E-state index contributed by atoms with van der Waals surface area (Å²) in [5.41, 5.74) is 8.37. The number of benzene rings is 1. The molecule has 1 heterocycles. The Morgan fingerprint density at radius 2 is 1.71 bits per heavy atom. The van der Waals surface area contributed by atoms with E-state index in [0.29, 0.717) is 0 Å². The van der Waals surface area contributed by atoms with Crippen LogP contribution in [0, 0.1) is 0 Å². The van der Waals surface area contributed by atoms with Crippen LogP contribution >= 0.6 is 0 Å². The highest BCUT2D eigenvalue weighted by Crippen LogP contribution is 2.36. The maximum atomic E-state index is 12.3. The molecule has 0 atom stereocenters. The lowest BCUT2D eigenvalue weighted by molar-refractivity contribution is 0.461. The van der Waals surface area contributed by atoms with Crippen LogP contribution < -0.4 is 11.4 Å². The second-order valence-electron chi connectivity index (χ2n) is 6.36. The van der Waals surface area contributed by atoms with E-state index in [1.54, 1.807) is 9.13 Å². The third kappa shape index (κ3) is 2.44. The zero-order valence-electron chi connectivity index (χ0n) is 12.7. The summed E-state index contributed by atoms with van der Waals surface area (Å²) in [6.07, 6.45) is 8.17. The van der Waals surface area contributed by atoms with E-state index in [1.165, 1.54) is 18.4 Å². The van der Waals surface area contributed by atoms with Gasteiger partial charge in [0.15, 0.2) is 0 Å². The Morgan fingerprint density at radius 1 is 1.10 bits per heavy atom. The van der Waals surface area contributed by atoms with Crippen molar-refractivity contribution in [3.8, 4) is 5.69 Å². The normalized spacial score (nSPS) is 17.5. The maximum absolute atomic E-state index is 12.3. The topological polar surface area (TPSA) is 52.9 Å². The van der Waals surface area contributed by atoms with Gasteiger partial charge in [0.1, 0.15) is 0 Å². The van der Waals surface area contributed by atoms with E-state index in [0.717, 1.165) is 18.5 Å². The Morgan fingerprint density at radius 3 is 2.24 bits per heavy atom. The molecular weight excluding hydrogens is 262 g/mol. The van der Waals surface area contributed by atoms with Crippen LogP contribution in [0.1, 0.15) is 51.1 Å². The molecule has 0 unspecified atom stereocenters. The molecule has 1 aromatic carbocycles. The number of hydrogen-bond acceptors (Lipinski definition) is 2. The SMILES string of the molecule is CC(C)n1ccn(-c2ccc(C3(N)CCCC3)cc2)c1=O. The molecule has 4 heteroatoms. The molecule has 0 bridgehead atoms. The highest BCUT2D eigenvalue weighted by molar-refractivity contribution is 5.37. The first-order valence-corrected chi connectivity index (χ1v) is 7.70. The van der Waals surface area contributed by atoms with Gasteiger partial charge in [0.25, 0.3) is 0 Å². The molecular formula is C17H23N3O. The fourth-order valence-corrected chi connectivity index (χ4v) is 3.23. The monoisotopic (exact) mass is 285 g/mol. The van der Waals surface area contributed by atoms with Gasteiger partial charge in [-0.25, -0.2) is 4.79 Å². The quantitative estimate of drug-likeness (QED) is 0.942. The second-order valence-corrected chi connectivity index (χ2v) is 6.36. The van der Waals surface area contributed by atoms with Crippen LogP contribution in [-0.4, -0.2) is 9.13 Å². The fraction of sp³-hybridized carbons (Fsp3) is 0.471. The third-order valence-corrected chi connectivity index (χ3v) is 4.58. The van der Waals surface area contributed by atoms with Crippen molar-refractivity contribution in [1.82, 2.24) is 9.13 Å². The van der Waals surface area contributed by atoms with Crippen molar-refractivity contribution in [3.63, 3.8) is 0 Å². The number of nitrogens with zero attached hydrogens (tertiary/aromatic N) is 2. The van der Waals surface area contributed by atoms with Gasteiger partial charge in [-0.1, -0.05) is 25.0 Å². The zero-order valence-corrected chi connectivity index (χ0v) is 12.7. The molecule has 21 heavy (non-hydrogen) atoms. The van der Waals surface area contributed by atoms with Crippen LogP contribution in [0.5, 0.6) is 0 Å². The molecule has 0 radical (unpaired) electrons. The van der Waals surface area contributed by atoms with Crippen molar-refractivity contribution in [3.05, 3.63) is 52.7 Å². The molecule has 0 spiro atoms. The minimum atomic E-state index is -0.173. The summed E-state index contributed by atoms with van der Waals surface area (Å²) >= 11 is 0. The molecule has 1 aliphatic carbocycles. The van der Waals surface area contributed by atoms with Gasteiger partial charge < -0.3 is 5.73 Å². The number of aromatic nitrogens is 2. The average molecular weight is 285 g/mol. The summed E-state index contributed by atoms with van der Waals surface area (Å²) in [5.74, 6) is 0. The van der Waals surface area contributed by atoms with E-state index in [4.69, 9.17) is 5.73 Å². The largest absolute Gasteiger partial charge is 0.332 e. The van der Waals surface area contributed by atoms with E-state index in [2.05, 4.69) is 12.1 Å². The van der Waals surface area contributed by atoms with Crippen LogP contribution in [0.2, 0.25) is 0 Å². The molecule has 0 saturated heterocycles.